The minimum atomic E-state index is -4.43. The molecule has 4 rings (SSSR count). The molecule has 1 N–H and O–H groups in total. The molecule has 8 nitrogen and oxygen atoms in total. The van der Waals surface area contributed by atoms with Crippen LogP contribution in [0.3, 0.4) is 0 Å². The molecule has 0 bridgehead atoms. The lowest BCUT2D eigenvalue weighted by atomic mass is 9.80. The Bertz CT molecular complexity index is 1170. The van der Waals surface area contributed by atoms with Crippen LogP contribution in [0.5, 0.6) is 0 Å². The van der Waals surface area contributed by atoms with E-state index in [-0.39, 0.29) is 30.8 Å². The number of halogens is 4. The Labute approximate surface area is 224 Å². The van der Waals surface area contributed by atoms with Gasteiger partial charge in [0.15, 0.2) is 11.6 Å². The summed E-state index contributed by atoms with van der Waals surface area (Å²) in [6, 6.07) is 4.80. The van der Waals surface area contributed by atoms with Crippen molar-refractivity contribution in [2.75, 3.05) is 29.9 Å². The van der Waals surface area contributed by atoms with Gasteiger partial charge >= 0.3 is 12.3 Å². The first-order chi connectivity index (χ1) is 18.3. The molecule has 0 radical (unpaired) electrons. The second-order valence-corrected chi connectivity index (χ2v) is 11.2. The number of likely N-dealkylation sites (tertiary alicyclic amines) is 1. The standard InChI is InChI=1S/C27H33F4N5O3/c1-25(2,3)39-24(38)35-12-10-26(16-37,11-13-35)15-32-22-21(28)23(34-17-33-22)36(20-8-9-20)14-18-4-6-19(7-5-18)27(29,30)31/h4-7,16-17,20H,8-15H2,1-3H3,(H,32,33,34). The molecule has 2 aromatic rings. The van der Waals surface area contributed by atoms with Crippen molar-refractivity contribution in [3.05, 3.63) is 47.5 Å². The van der Waals surface area contributed by atoms with E-state index >= 15 is 4.39 Å². The molecule has 2 aliphatic rings. The highest BCUT2D eigenvalue weighted by Crippen LogP contribution is 2.36. The van der Waals surface area contributed by atoms with E-state index in [0.29, 0.717) is 31.5 Å². The summed E-state index contributed by atoms with van der Waals surface area (Å²) in [4.78, 5) is 35.9. The molecule has 0 spiro atoms. The first-order valence-corrected chi connectivity index (χ1v) is 12.9. The molecule has 1 saturated heterocycles. The number of carbonyl (C=O) groups excluding carboxylic acids is 2. The van der Waals surface area contributed by atoms with E-state index in [9.17, 15) is 22.8 Å². The van der Waals surface area contributed by atoms with Gasteiger partial charge in [-0.05, 0) is 64.2 Å². The molecule has 2 fully saturated rings. The molecule has 1 aromatic carbocycles. The average molecular weight is 552 g/mol. The number of piperidine rings is 1. The molecular weight excluding hydrogens is 518 g/mol. The largest absolute Gasteiger partial charge is 0.444 e. The van der Waals surface area contributed by atoms with Crippen molar-refractivity contribution in [3.8, 4) is 0 Å². The van der Waals surface area contributed by atoms with Crippen LogP contribution >= 0.6 is 0 Å². The van der Waals surface area contributed by atoms with Gasteiger partial charge in [-0.25, -0.2) is 14.8 Å². The molecular formula is C27H33F4N5O3. The number of alkyl halides is 3. The molecule has 212 valence electrons. The number of amides is 1. The SMILES string of the molecule is CC(C)(C)OC(=O)N1CCC(C=O)(CNc2ncnc(N(Cc3ccc(C(F)(F)F)cc3)C3CC3)c2F)CC1. The Morgan fingerprint density at radius 3 is 2.33 bits per heavy atom. The van der Waals surface area contributed by atoms with E-state index in [0.717, 1.165) is 31.3 Å². The van der Waals surface area contributed by atoms with Gasteiger partial charge in [-0.1, -0.05) is 12.1 Å². The zero-order valence-corrected chi connectivity index (χ0v) is 22.2. The van der Waals surface area contributed by atoms with Crippen molar-refractivity contribution < 1.29 is 31.9 Å². The van der Waals surface area contributed by atoms with E-state index in [1.54, 1.807) is 30.6 Å². The minimum Gasteiger partial charge on any atom is -0.444 e. The predicted molar refractivity (Wildman–Crippen MR) is 137 cm³/mol. The summed E-state index contributed by atoms with van der Waals surface area (Å²) < 4.78 is 59.8. The average Bonchev–Trinajstić information content (AvgIpc) is 3.71. The van der Waals surface area contributed by atoms with Crippen LogP contribution < -0.4 is 10.2 Å². The Morgan fingerprint density at radius 1 is 1.15 bits per heavy atom. The number of nitrogens with one attached hydrogen (secondary N) is 1. The van der Waals surface area contributed by atoms with Crippen LogP contribution in [0.1, 0.15) is 57.6 Å². The molecule has 0 unspecified atom stereocenters. The van der Waals surface area contributed by atoms with E-state index < -0.39 is 34.7 Å². The maximum Gasteiger partial charge on any atom is 0.416 e. The van der Waals surface area contributed by atoms with E-state index in [1.807, 2.05) is 0 Å². The third kappa shape index (κ3) is 7.15. The number of aldehydes is 1. The van der Waals surface area contributed by atoms with Crippen LogP contribution in [0.4, 0.5) is 34.0 Å². The fourth-order valence-electron chi connectivity index (χ4n) is 4.50. The van der Waals surface area contributed by atoms with Crippen LogP contribution in [-0.4, -0.2) is 58.5 Å². The Hall–Kier alpha value is -3.44. The summed E-state index contributed by atoms with van der Waals surface area (Å²) in [5.74, 6) is -0.702. The highest BCUT2D eigenvalue weighted by atomic mass is 19.4. The summed E-state index contributed by atoms with van der Waals surface area (Å²) in [6.07, 6.45) is -0.414. The van der Waals surface area contributed by atoms with E-state index in [1.165, 1.54) is 18.5 Å². The summed E-state index contributed by atoms with van der Waals surface area (Å²) >= 11 is 0. The Balaban J connectivity index is 1.43. The van der Waals surface area contributed by atoms with Gasteiger partial charge in [-0.3, -0.25) is 0 Å². The number of carbonyl (C=O) groups is 2. The minimum absolute atomic E-state index is 0.0167. The molecule has 12 heteroatoms. The number of aromatic nitrogens is 2. The first-order valence-electron chi connectivity index (χ1n) is 12.9. The zero-order valence-electron chi connectivity index (χ0n) is 22.2. The number of rotatable bonds is 8. The number of hydrogen-bond donors (Lipinski definition) is 1. The maximum atomic E-state index is 15.6. The molecule has 0 atom stereocenters. The smallest absolute Gasteiger partial charge is 0.416 e. The number of nitrogens with zero attached hydrogens (tertiary/aromatic N) is 4. The van der Waals surface area contributed by atoms with Gasteiger partial charge < -0.3 is 24.6 Å². The van der Waals surface area contributed by atoms with Gasteiger partial charge in [0.25, 0.3) is 0 Å². The van der Waals surface area contributed by atoms with Gasteiger partial charge in [0.1, 0.15) is 18.2 Å². The van der Waals surface area contributed by atoms with Gasteiger partial charge in [0, 0.05) is 37.6 Å². The third-order valence-electron chi connectivity index (χ3n) is 6.93. The van der Waals surface area contributed by atoms with Crippen LogP contribution in [0, 0.1) is 11.2 Å². The molecule has 1 saturated carbocycles. The molecule has 39 heavy (non-hydrogen) atoms. The second kappa shape index (κ2) is 11.0. The normalized spacial score (nSPS) is 17.5. The highest BCUT2D eigenvalue weighted by Gasteiger charge is 2.38. The van der Waals surface area contributed by atoms with Gasteiger partial charge in [0.2, 0.25) is 5.82 Å². The van der Waals surface area contributed by atoms with Crippen LogP contribution in [0.25, 0.3) is 0 Å². The lowest BCUT2D eigenvalue weighted by Gasteiger charge is -2.38. The van der Waals surface area contributed by atoms with E-state index in [2.05, 4.69) is 15.3 Å². The predicted octanol–water partition coefficient (Wildman–Crippen LogP) is 5.43. The fourth-order valence-corrected chi connectivity index (χ4v) is 4.50. The van der Waals surface area contributed by atoms with Crippen molar-refractivity contribution in [3.63, 3.8) is 0 Å². The van der Waals surface area contributed by atoms with Crippen LogP contribution in [0.2, 0.25) is 0 Å². The van der Waals surface area contributed by atoms with Gasteiger partial charge in [-0.15, -0.1) is 0 Å². The topological polar surface area (TPSA) is 87.7 Å². The Kier molecular flexibility index (Phi) is 8.04. The van der Waals surface area contributed by atoms with Crippen molar-refractivity contribution in [2.24, 2.45) is 5.41 Å². The van der Waals surface area contributed by atoms with Crippen LogP contribution in [0.15, 0.2) is 30.6 Å². The molecule has 1 amide bonds. The zero-order chi connectivity index (χ0) is 28.4. The molecule has 1 aliphatic heterocycles. The monoisotopic (exact) mass is 551 g/mol. The Morgan fingerprint density at radius 2 is 1.79 bits per heavy atom. The number of ether oxygens (including phenoxy) is 1. The van der Waals surface area contributed by atoms with Crippen molar-refractivity contribution >= 4 is 24.0 Å². The summed E-state index contributed by atoms with van der Waals surface area (Å²) in [5.41, 5.74) is -1.59. The van der Waals surface area contributed by atoms with Crippen molar-refractivity contribution in [1.29, 1.82) is 0 Å². The molecule has 1 aliphatic carbocycles. The quantitative estimate of drug-likeness (QED) is 0.346. The number of anilines is 2. The molecule has 2 heterocycles. The lowest BCUT2D eigenvalue weighted by Crippen LogP contribution is -2.48. The van der Waals surface area contributed by atoms with Gasteiger partial charge in [0.05, 0.1) is 5.56 Å². The van der Waals surface area contributed by atoms with Gasteiger partial charge in [-0.2, -0.15) is 17.6 Å². The number of hydrogen-bond acceptors (Lipinski definition) is 7. The number of benzene rings is 1. The summed E-state index contributed by atoms with van der Waals surface area (Å²) in [6.45, 7) is 6.32. The molecule has 1 aromatic heterocycles. The second-order valence-electron chi connectivity index (χ2n) is 11.2. The lowest BCUT2D eigenvalue weighted by molar-refractivity contribution is -0.137. The first kappa shape index (κ1) is 28.6. The van der Waals surface area contributed by atoms with E-state index in [4.69, 9.17) is 4.74 Å². The van der Waals surface area contributed by atoms with Crippen molar-refractivity contribution in [1.82, 2.24) is 14.9 Å². The maximum absolute atomic E-state index is 15.6. The highest BCUT2D eigenvalue weighted by molar-refractivity contribution is 5.69. The van der Waals surface area contributed by atoms with Crippen LogP contribution in [-0.2, 0) is 22.3 Å². The third-order valence-corrected chi connectivity index (χ3v) is 6.93. The summed E-state index contributed by atoms with van der Waals surface area (Å²) in [7, 11) is 0. The summed E-state index contributed by atoms with van der Waals surface area (Å²) in [5, 5.41) is 2.96. The fraction of sp³-hybridized carbons (Fsp3) is 0.556. The van der Waals surface area contributed by atoms with Crippen molar-refractivity contribution in [2.45, 2.75) is 70.8 Å².